The molecule has 0 atom stereocenters. The van der Waals surface area contributed by atoms with Crippen molar-refractivity contribution in [3.63, 3.8) is 0 Å². The third-order valence-electron chi connectivity index (χ3n) is 2.99. The number of amides is 1. The van der Waals surface area contributed by atoms with Gasteiger partial charge in [-0.3, -0.25) is 10.1 Å². The molecule has 1 amide bonds. The Kier molecular flexibility index (Phi) is 4.77. The van der Waals surface area contributed by atoms with E-state index < -0.39 is 11.6 Å². The molecule has 0 saturated heterocycles. The lowest BCUT2D eigenvalue weighted by molar-refractivity contribution is -0.111. The van der Waals surface area contributed by atoms with Gasteiger partial charge in [-0.15, -0.1) is 22.7 Å². The van der Waals surface area contributed by atoms with Crippen LogP contribution < -0.4 is 5.32 Å². The molecule has 0 aliphatic rings. The van der Waals surface area contributed by atoms with Crippen LogP contribution in [-0.2, 0) is 4.79 Å². The molecule has 1 N–H and O–H groups in total. The Morgan fingerprint density at radius 3 is 2.71 bits per heavy atom. The number of rotatable bonds is 4. The van der Waals surface area contributed by atoms with Crippen molar-refractivity contribution in [2.45, 2.75) is 6.92 Å². The summed E-state index contributed by atoms with van der Waals surface area (Å²) in [5, 5.41) is 7.43. The second-order valence-electron chi connectivity index (χ2n) is 4.78. The number of hydrogen-bond donors (Lipinski definition) is 1. The number of benzene rings is 1. The molecule has 2 aromatic heterocycles. The van der Waals surface area contributed by atoms with E-state index in [0.29, 0.717) is 22.1 Å². The van der Waals surface area contributed by atoms with E-state index in [9.17, 15) is 13.6 Å². The summed E-state index contributed by atoms with van der Waals surface area (Å²) in [5.41, 5.74) is 1.63. The number of hydrogen-bond acceptors (Lipinski definition) is 5. The Bertz CT molecular complexity index is 918. The van der Waals surface area contributed by atoms with E-state index in [1.807, 2.05) is 12.3 Å². The largest absolute Gasteiger partial charge is 0.298 e. The molecular formula is C16H11F2N3OS2. The number of aryl methyl sites for hydroxylation is 1. The lowest BCUT2D eigenvalue weighted by atomic mass is 10.2. The Morgan fingerprint density at radius 2 is 2.00 bits per heavy atom. The highest BCUT2D eigenvalue weighted by atomic mass is 32.1. The maximum absolute atomic E-state index is 13.3. The number of thiazole rings is 2. The highest BCUT2D eigenvalue weighted by Gasteiger charge is 2.09. The summed E-state index contributed by atoms with van der Waals surface area (Å²) in [4.78, 5) is 20.3. The molecule has 0 radical (unpaired) electrons. The summed E-state index contributed by atoms with van der Waals surface area (Å²) in [7, 11) is 0. The van der Waals surface area contributed by atoms with Crippen LogP contribution >= 0.6 is 22.7 Å². The number of halogens is 2. The summed E-state index contributed by atoms with van der Waals surface area (Å²) in [5.74, 6) is -2.19. The van der Waals surface area contributed by atoms with Gasteiger partial charge in [-0.1, -0.05) is 0 Å². The van der Waals surface area contributed by atoms with Crippen molar-refractivity contribution in [1.82, 2.24) is 9.97 Å². The number of nitrogens with zero attached hydrogens (tertiary/aromatic N) is 2. The Labute approximate surface area is 144 Å². The van der Waals surface area contributed by atoms with E-state index in [1.54, 1.807) is 11.5 Å². The normalized spacial score (nSPS) is 11.1. The van der Waals surface area contributed by atoms with Gasteiger partial charge in [0.15, 0.2) is 16.8 Å². The van der Waals surface area contributed by atoms with Gasteiger partial charge in [-0.05, 0) is 31.2 Å². The minimum absolute atomic E-state index is 0.341. The van der Waals surface area contributed by atoms with E-state index in [-0.39, 0.29) is 5.91 Å². The summed E-state index contributed by atoms with van der Waals surface area (Å²) >= 11 is 2.70. The standard InChI is InChI=1S/C16H11F2N3OS2/c1-9-19-11(7-23-9)3-5-15(22)21-16-20-14(8-24-16)10-2-4-12(17)13(18)6-10/h2-8H,1H3,(H,20,21,22)/b5-3+. The number of carbonyl (C=O) groups excluding carboxylic acids is 1. The molecule has 3 rings (SSSR count). The van der Waals surface area contributed by atoms with Crippen molar-refractivity contribution in [1.29, 1.82) is 0 Å². The molecule has 0 aliphatic heterocycles. The van der Waals surface area contributed by atoms with E-state index in [0.717, 1.165) is 17.1 Å². The lowest BCUT2D eigenvalue weighted by Crippen LogP contribution is -2.07. The molecule has 0 aliphatic carbocycles. The fourth-order valence-corrected chi connectivity index (χ4v) is 3.19. The Hall–Kier alpha value is -2.45. The van der Waals surface area contributed by atoms with Gasteiger partial charge in [0.1, 0.15) is 0 Å². The van der Waals surface area contributed by atoms with E-state index >= 15 is 0 Å². The quantitative estimate of drug-likeness (QED) is 0.694. The third-order valence-corrected chi connectivity index (χ3v) is 4.54. The molecule has 1 aromatic carbocycles. The van der Waals surface area contributed by atoms with Gasteiger partial charge >= 0.3 is 0 Å². The molecule has 0 spiro atoms. The van der Waals surface area contributed by atoms with Crippen molar-refractivity contribution < 1.29 is 13.6 Å². The molecule has 0 fully saturated rings. The van der Waals surface area contributed by atoms with Crippen molar-refractivity contribution in [2.24, 2.45) is 0 Å². The highest BCUT2D eigenvalue weighted by Crippen LogP contribution is 2.26. The zero-order chi connectivity index (χ0) is 17.1. The van der Waals surface area contributed by atoms with Crippen LogP contribution in [0.1, 0.15) is 10.7 Å². The number of aromatic nitrogens is 2. The number of anilines is 1. The van der Waals surface area contributed by atoms with Gasteiger partial charge < -0.3 is 0 Å². The predicted octanol–water partition coefficient (Wildman–Crippen LogP) is 4.51. The minimum Gasteiger partial charge on any atom is -0.298 e. The zero-order valence-corrected chi connectivity index (χ0v) is 14.0. The zero-order valence-electron chi connectivity index (χ0n) is 12.4. The summed E-state index contributed by atoms with van der Waals surface area (Å²) in [6.07, 6.45) is 2.98. The maximum Gasteiger partial charge on any atom is 0.250 e. The van der Waals surface area contributed by atoms with Crippen molar-refractivity contribution in [3.8, 4) is 11.3 Å². The average molecular weight is 363 g/mol. The van der Waals surface area contributed by atoms with Crippen LogP contribution in [0.3, 0.4) is 0 Å². The Morgan fingerprint density at radius 1 is 1.17 bits per heavy atom. The van der Waals surface area contributed by atoms with Crippen LogP contribution in [0.25, 0.3) is 17.3 Å². The lowest BCUT2D eigenvalue weighted by Gasteiger charge is -1.98. The average Bonchev–Trinajstić information content (AvgIpc) is 3.17. The number of carbonyl (C=O) groups is 1. The van der Waals surface area contributed by atoms with Gasteiger partial charge in [0.2, 0.25) is 5.91 Å². The number of nitrogens with one attached hydrogen (secondary N) is 1. The van der Waals surface area contributed by atoms with Crippen molar-refractivity contribution in [2.75, 3.05) is 5.32 Å². The SMILES string of the molecule is Cc1nc(/C=C/C(=O)Nc2nc(-c3ccc(F)c(F)c3)cs2)cs1. The smallest absolute Gasteiger partial charge is 0.250 e. The predicted molar refractivity (Wildman–Crippen MR) is 92.0 cm³/mol. The topological polar surface area (TPSA) is 54.9 Å². The Balaban J connectivity index is 1.68. The van der Waals surface area contributed by atoms with E-state index in [4.69, 9.17) is 0 Å². The van der Waals surface area contributed by atoms with Gasteiger partial charge in [0.25, 0.3) is 0 Å². The van der Waals surface area contributed by atoms with Gasteiger partial charge in [0.05, 0.1) is 16.4 Å². The van der Waals surface area contributed by atoms with E-state index in [1.165, 1.54) is 34.8 Å². The van der Waals surface area contributed by atoms with Crippen LogP contribution in [0.2, 0.25) is 0 Å². The first-order valence-corrected chi connectivity index (χ1v) is 8.59. The first-order valence-electron chi connectivity index (χ1n) is 6.83. The molecule has 8 heteroatoms. The van der Waals surface area contributed by atoms with Crippen LogP contribution in [0.4, 0.5) is 13.9 Å². The fraction of sp³-hybridized carbons (Fsp3) is 0.0625. The van der Waals surface area contributed by atoms with Crippen molar-refractivity contribution >= 4 is 39.8 Å². The van der Waals surface area contributed by atoms with Crippen LogP contribution in [0, 0.1) is 18.6 Å². The van der Waals surface area contributed by atoms with Crippen molar-refractivity contribution in [3.05, 3.63) is 57.4 Å². The van der Waals surface area contributed by atoms with Crippen LogP contribution in [0.15, 0.2) is 35.0 Å². The molecule has 0 saturated carbocycles. The first kappa shape index (κ1) is 16.4. The fourth-order valence-electron chi connectivity index (χ4n) is 1.88. The first-order chi connectivity index (χ1) is 11.5. The molecule has 3 aromatic rings. The molecule has 0 bridgehead atoms. The third kappa shape index (κ3) is 3.90. The van der Waals surface area contributed by atoms with E-state index in [2.05, 4.69) is 15.3 Å². The minimum atomic E-state index is -0.937. The summed E-state index contributed by atoms with van der Waals surface area (Å²) in [6.45, 7) is 1.89. The summed E-state index contributed by atoms with van der Waals surface area (Å²) in [6, 6.07) is 3.55. The summed E-state index contributed by atoms with van der Waals surface area (Å²) < 4.78 is 26.2. The molecule has 24 heavy (non-hydrogen) atoms. The molecule has 2 heterocycles. The monoisotopic (exact) mass is 363 g/mol. The highest BCUT2D eigenvalue weighted by molar-refractivity contribution is 7.14. The van der Waals surface area contributed by atoms with Crippen LogP contribution in [0.5, 0.6) is 0 Å². The van der Waals surface area contributed by atoms with Gasteiger partial charge in [-0.2, -0.15) is 0 Å². The second-order valence-corrected chi connectivity index (χ2v) is 6.70. The van der Waals surface area contributed by atoms with Gasteiger partial charge in [-0.25, -0.2) is 18.7 Å². The molecule has 0 unspecified atom stereocenters. The molecular weight excluding hydrogens is 352 g/mol. The molecule has 122 valence electrons. The maximum atomic E-state index is 13.3. The molecule has 4 nitrogen and oxygen atoms in total. The van der Waals surface area contributed by atoms with Crippen LogP contribution in [-0.4, -0.2) is 15.9 Å². The van der Waals surface area contributed by atoms with Gasteiger partial charge in [0, 0.05) is 22.4 Å². The second kappa shape index (κ2) is 6.98.